The van der Waals surface area contributed by atoms with E-state index in [0.717, 1.165) is 74.1 Å². The second kappa shape index (κ2) is 9.75. The lowest BCUT2D eigenvalue weighted by atomic mass is 9.98. The number of benzene rings is 2. The van der Waals surface area contributed by atoms with E-state index < -0.39 is 5.54 Å². The summed E-state index contributed by atoms with van der Waals surface area (Å²) in [6, 6.07) is 15.6. The summed E-state index contributed by atoms with van der Waals surface area (Å²) in [5.74, 6) is 6.35. The van der Waals surface area contributed by atoms with Gasteiger partial charge in [-0.3, -0.25) is 29.8 Å². The van der Waals surface area contributed by atoms with E-state index in [1.165, 1.54) is 0 Å². The van der Waals surface area contributed by atoms with Crippen molar-refractivity contribution in [1.29, 1.82) is 5.41 Å². The van der Waals surface area contributed by atoms with Crippen LogP contribution in [0.2, 0.25) is 0 Å². The lowest BCUT2D eigenvalue weighted by Gasteiger charge is -2.27. The highest BCUT2D eigenvalue weighted by molar-refractivity contribution is 6.15. The molecule has 2 heterocycles. The van der Waals surface area contributed by atoms with Gasteiger partial charge in [-0.2, -0.15) is 0 Å². The second-order valence-corrected chi connectivity index (χ2v) is 10.7. The molecule has 3 fully saturated rings. The quantitative estimate of drug-likeness (QED) is 0.202. The topological polar surface area (TPSA) is 131 Å². The van der Waals surface area contributed by atoms with E-state index in [4.69, 9.17) is 16.2 Å². The van der Waals surface area contributed by atoms with Gasteiger partial charge in [0, 0.05) is 30.1 Å². The Morgan fingerprint density at radius 2 is 1.63 bits per heavy atom. The van der Waals surface area contributed by atoms with Crippen LogP contribution >= 0.6 is 0 Å². The van der Waals surface area contributed by atoms with Crippen molar-refractivity contribution >= 4 is 23.5 Å². The van der Waals surface area contributed by atoms with Crippen molar-refractivity contribution in [1.82, 2.24) is 14.7 Å². The SMILES string of the molecule is N=C(N=NN)c1ccc(-c2ccc(C3=NC4(CCCC4)C(=O)N3CN3CCN(C(=O)C4CC4)C3)cc2)cc1. The first kappa shape index (κ1) is 24.4. The number of carbonyl (C=O) groups is 2. The van der Waals surface area contributed by atoms with Crippen LogP contribution in [0.4, 0.5) is 0 Å². The van der Waals surface area contributed by atoms with Gasteiger partial charge in [0.2, 0.25) is 5.91 Å². The van der Waals surface area contributed by atoms with Crippen molar-refractivity contribution in [3.05, 3.63) is 59.7 Å². The number of hydrogen-bond donors (Lipinski definition) is 2. The maximum Gasteiger partial charge on any atom is 0.257 e. The molecule has 3 N–H and O–H groups in total. The number of nitrogens with two attached hydrogens (primary N) is 1. The van der Waals surface area contributed by atoms with Gasteiger partial charge in [0.25, 0.3) is 5.91 Å². The smallest absolute Gasteiger partial charge is 0.257 e. The summed E-state index contributed by atoms with van der Waals surface area (Å²) in [5, 5.41) is 14.6. The molecule has 2 aliphatic heterocycles. The van der Waals surface area contributed by atoms with Crippen molar-refractivity contribution in [3.8, 4) is 11.1 Å². The highest BCUT2D eigenvalue weighted by atomic mass is 16.2. The standard InChI is InChI=1S/C28H32N8O2/c29-24(32-33-30)21-7-3-19(4-8-21)20-5-9-22(10-6-20)25-31-28(13-1-2-14-28)27(38)36(25)18-34-15-16-35(17-34)26(37)23-11-12-23/h3-10,23H,1-2,11-18H2,(H3,29,30,32). The van der Waals surface area contributed by atoms with Gasteiger partial charge in [0.1, 0.15) is 11.4 Å². The number of carbonyl (C=O) groups excluding carboxylic acids is 2. The van der Waals surface area contributed by atoms with Gasteiger partial charge in [0.05, 0.1) is 13.3 Å². The third-order valence-electron chi connectivity index (χ3n) is 8.08. The van der Waals surface area contributed by atoms with Crippen molar-refractivity contribution in [2.24, 2.45) is 27.1 Å². The third-order valence-corrected chi connectivity index (χ3v) is 8.08. The average molecular weight is 513 g/mol. The predicted octanol–water partition coefficient (Wildman–Crippen LogP) is 3.38. The van der Waals surface area contributed by atoms with E-state index in [9.17, 15) is 9.59 Å². The number of aliphatic imine (C=N–C) groups is 1. The summed E-state index contributed by atoms with van der Waals surface area (Å²) < 4.78 is 0. The third kappa shape index (κ3) is 4.49. The summed E-state index contributed by atoms with van der Waals surface area (Å²) in [7, 11) is 0. The average Bonchev–Trinajstić information content (AvgIpc) is 3.39. The molecule has 10 nitrogen and oxygen atoms in total. The van der Waals surface area contributed by atoms with Gasteiger partial charge in [-0.1, -0.05) is 66.6 Å². The second-order valence-electron chi connectivity index (χ2n) is 10.7. The molecular formula is C28H32N8O2. The molecule has 2 amide bonds. The van der Waals surface area contributed by atoms with Gasteiger partial charge in [0.15, 0.2) is 5.84 Å². The minimum atomic E-state index is -0.640. The molecule has 196 valence electrons. The first-order valence-corrected chi connectivity index (χ1v) is 13.3. The summed E-state index contributed by atoms with van der Waals surface area (Å²) in [4.78, 5) is 37.3. The Morgan fingerprint density at radius 3 is 2.26 bits per heavy atom. The number of nitrogens with zero attached hydrogens (tertiary/aromatic N) is 6. The minimum absolute atomic E-state index is 0.0114. The molecule has 2 aromatic rings. The molecule has 0 radical (unpaired) electrons. The normalized spacial score (nSPS) is 21.2. The summed E-state index contributed by atoms with van der Waals surface area (Å²) in [5.41, 5.74) is 2.93. The molecule has 0 bridgehead atoms. The molecule has 1 spiro atoms. The predicted molar refractivity (Wildman–Crippen MR) is 143 cm³/mol. The number of nitrogens with one attached hydrogen (secondary N) is 1. The van der Waals surface area contributed by atoms with Crippen LogP contribution in [-0.4, -0.2) is 70.2 Å². The van der Waals surface area contributed by atoms with Crippen LogP contribution in [0, 0.1) is 11.3 Å². The van der Waals surface area contributed by atoms with E-state index >= 15 is 0 Å². The zero-order valence-electron chi connectivity index (χ0n) is 21.3. The number of amidine groups is 2. The van der Waals surface area contributed by atoms with Crippen LogP contribution < -0.4 is 5.84 Å². The van der Waals surface area contributed by atoms with Crippen LogP contribution in [0.5, 0.6) is 0 Å². The molecule has 1 saturated heterocycles. The minimum Gasteiger partial charge on any atom is -0.328 e. The Bertz CT molecular complexity index is 1310. The summed E-state index contributed by atoms with van der Waals surface area (Å²) in [6.45, 7) is 2.50. The van der Waals surface area contributed by atoms with Crippen molar-refractivity contribution in [3.63, 3.8) is 0 Å². The van der Waals surface area contributed by atoms with Crippen molar-refractivity contribution in [2.75, 3.05) is 26.4 Å². The zero-order valence-corrected chi connectivity index (χ0v) is 21.3. The molecule has 2 aromatic carbocycles. The van der Waals surface area contributed by atoms with Gasteiger partial charge in [-0.15, -0.1) is 5.11 Å². The molecule has 2 saturated carbocycles. The van der Waals surface area contributed by atoms with Crippen LogP contribution in [0.25, 0.3) is 11.1 Å². The summed E-state index contributed by atoms with van der Waals surface area (Å²) >= 11 is 0. The molecule has 0 unspecified atom stereocenters. The summed E-state index contributed by atoms with van der Waals surface area (Å²) in [6.07, 6.45) is 5.63. The Morgan fingerprint density at radius 1 is 1.00 bits per heavy atom. The van der Waals surface area contributed by atoms with Crippen LogP contribution in [0.15, 0.2) is 63.9 Å². The van der Waals surface area contributed by atoms with Crippen molar-refractivity contribution < 1.29 is 9.59 Å². The van der Waals surface area contributed by atoms with Gasteiger partial charge >= 0.3 is 0 Å². The Kier molecular flexibility index (Phi) is 6.27. The van der Waals surface area contributed by atoms with Gasteiger partial charge in [-0.25, -0.2) is 0 Å². The number of rotatable bonds is 6. The fraction of sp³-hybridized carbons (Fsp3) is 0.429. The monoisotopic (exact) mass is 512 g/mol. The molecule has 38 heavy (non-hydrogen) atoms. The van der Waals surface area contributed by atoms with Crippen molar-refractivity contribution in [2.45, 2.75) is 44.1 Å². The molecule has 4 aliphatic rings. The maximum absolute atomic E-state index is 13.7. The number of hydrogen-bond acceptors (Lipinski definition) is 6. The van der Waals surface area contributed by atoms with Crippen LogP contribution in [0.3, 0.4) is 0 Å². The lowest BCUT2D eigenvalue weighted by molar-refractivity contribution is -0.133. The first-order chi connectivity index (χ1) is 18.5. The Hall–Kier alpha value is -3.92. The van der Waals surface area contributed by atoms with E-state index in [-0.39, 0.29) is 23.6 Å². The van der Waals surface area contributed by atoms with E-state index in [0.29, 0.717) is 18.9 Å². The van der Waals surface area contributed by atoms with Gasteiger partial charge in [-0.05, 0) is 36.8 Å². The Labute approximate surface area is 221 Å². The van der Waals surface area contributed by atoms with E-state index in [2.05, 4.69) is 15.2 Å². The fourth-order valence-corrected chi connectivity index (χ4v) is 5.77. The Balaban J connectivity index is 1.21. The molecular weight excluding hydrogens is 480 g/mol. The fourth-order valence-electron chi connectivity index (χ4n) is 5.77. The molecule has 0 atom stereocenters. The van der Waals surface area contributed by atoms with E-state index in [1.807, 2.05) is 58.3 Å². The molecule has 10 heteroatoms. The zero-order chi connectivity index (χ0) is 26.3. The highest BCUT2D eigenvalue weighted by Crippen LogP contribution is 2.40. The lowest BCUT2D eigenvalue weighted by Crippen LogP contribution is -2.47. The first-order valence-electron chi connectivity index (χ1n) is 13.3. The van der Waals surface area contributed by atoms with Crippen LogP contribution in [-0.2, 0) is 9.59 Å². The van der Waals surface area contributed by atoms with E-state index in [1.54, 1.807) is 0 Å². The largest absolute Gasteiger partial charge is 0.328 e. The molecule has 0 aromatic heterocycles. The molecule has 2 aliphatic carbocycles. The number of amides is 2. The molecule has 6 rings (SSSR count). The van der Waals surface area contributed by atoms with Gasteiger partial charge < -0.3 is 10.7 Å². The highest BCUT2D eigenvalue weighted by Gasteiger charge is 2.50. The maximum atomic E-state index is 13.7. The van der Waals surface area contributed by atoms with Crippen LogP contribution in [0.1, 0.15) is 49.7 Å².